The maximum Gasteiger partial charge on any atom is 0.227 e. The molecular weight excluding hydrogens is 362 g/mol. The number of aromatic nitrogens is 3. The van der Waals surface area contributed by atoms with Crippen molar-refractivity contribution in [3.8, 4) is 0 Å². The van der Waals surface area contributed by atoms with Crippen molar-refractivity contribution >= 4 is 17.5 Å². The summed E-state index contributed by atoms with van der Waals surface area (Å²) in [5, 5.41) is 5.87. The minimum Gasteiger partial charge on any atom is -0.351 e. The first kappa shape index (κ1) is 22.3. The zero-order valence-corrected chi connectivity index (χ0v) is 17.8. The Bertz CT molecular complexity index is 511. The quantitative estimate of drug-likeness (QED) is 0.466. The van der Waals surface area contributed by atoms with Crippen molar-refractivity contribution in [2.75, 3.05) is 25.0 Å². The molecule has 0 aromatic carbocycles. The Balaban J connectivity index is 1.67. The average Bonchev–Trinajstić information content (AvgIpc) is 2.67. The first-order valence-electron chi connectivity index (χ1n) is 10.7. The van der Waals surface area contributed by atoms with Crippen molar-refractivity contribution in [3.05, 3.63) is 11.6 Å². The lowest BCUT2D eigenvalue weighted by Crippen LogP contribution is -2.40. The number of nitrogens with zero attached hydrogens (tertiary/aromatic N) is 4. The predicted molar refractivity (Wildman–Crippen MR) is 111 cm³/mol. The van der Waals surface area contributed by atoms with Crippen molar-refractivity contribution in [3.63, 3.8) is 0 Å². The van der Waals surface area contributed by atoms with Gasteiger partial charge in [-0.2, -0.15) is 10.0 Å². The Morgan fingerprint density at radius 1 is 1.11 bits per heavy atom. The number of halogens is 1. The van der Waals surface area contributed by atoms with E-state index in [0.29, 0.717) is 17.9 Å². The molecule has 2 heterocycles. The van der Waals surface area contributed by atoms with Crippen LogP contribution < -0.4 is 5.32 Å². The second-order valence-electron chi connectivity index (χ2n) is 7.49. The second kappa shape index (κ2) is 13.2. The van der Waals surface area contributed by atoms with Crippen LogP contribution in [-0.2, 0) is 4.84 Å². The van der Waals surface area contributed by atoms with Gasteiger partial charge in [-0.3, -0.25) is 4.84 Å². The fraction of sp³-hybridized carbons (Fsp3) is 0.850. The van der Waals surface area contributed by atoms with Gasteiger partial charge in [0.15, 0.2) is 0 Å². The molecular formula is C20H36ClN5O. The van der Waals surface area contributed by atoms with E-state index in [1.807, 2.05) is 0 Å². The predicted octanol–water partition coefficient (Wildman–Crippen LogP) is 5.11. The summed E-state index contributed by atoms with van der Waals surface area (Å²) in [5.41, 5.74) is 0. The van der Waals surface area contributed by atoms with Gasteiger partial charge >= 0.3 is 0 Å². The Kier molecular flexibility index (Phi) is 10.9. The normalized spacial score (nSPS) is 17.1. The average molecular weight is 398 g/mol. The molecule has 6 nitrogen and oxygen atoms in total. The first-order valence-corrected chi connectivity index (χ1v) is 11.1. The highest BCUT2D eigenvalue weighted by molar-refractivity contribution is 6.28. The van der Waals surface area contributed by atoms with E-state index >= 15 is 0 Å². The first-order chi connectivity index (χ1) is 13.2. The van der Waals surface area contributed by atoms with Crippen molar-refractivity contribution in [1.29, 1.82) is 0 Å². The molecule has 0 radical (unpaired) electrons. The van der Waals surface area contributed by atoms with E-state index < -0.39 is 0 Å². The lowest BCUT2D eigenvalue weighted by atomic mass is 9.87. The van der Waals surface area contributed by atoms with Crippen LogP contribution in [0.1, 0.15) is 78.1 Å². The van der Waals surface area contributed by atoms with Gasteiger partial charge < -0.3 is 5.32 Å². The second-order valence-corrected chi connectivity index (χ2v) is 7.82. The molecule has 1 aromatic heterocycles. The molecule has 1 unspecified atom stereocenters. The molecule has 0 bridgehead atoms. The molecule has 0 amide bonds. The van der Waals surface area contributed by atoms with Gasteiger partial charge in [0.2, 0.25) is 11.2 Å². The highest BCUT2D eigenvalue weighted by Crippen LogP contribution is 2.25. The van der Waals surface area contributed by atoms with Crippen LogP contribution in [-0.4, -0.2) is 45.8 Å². The molecule has 1 aliphatic rings. The zero-order chi connectivity index (χ0) is 19.3. The number of unbranched alkanes of at least 4 members (excludes halogenated alkanes) is 5. The number of hydrogen-bond donors (Lipinski definition) is 1. The maximum absolute atomic E-state index is 5.97. The van der Waals surface area contributed by atoms with Gasteiger partial charge in [-0.25, -0.2) is 9.97 Å². The van der Waals surface area contributed by atoms with Gasteiger partial charge in [0, 0.05) is 19.1 Å². The SMILES string of the molecule is CCCCCCCCON1CCC(C(CCC)Nc2ncnc(Cl)n2)CC1. The highest BCUT2D eigenvalue weighted by Gasteiger charge is 2.27. The van der Waals surface area contributed by atoms with Crippen LogP contribution in [0.25, 0.3) is 0 Å². The van der Waals surface area contributed by atoms with Crippen molar-refractivity contribution in [2.24, 2.45) is 5.92 Å². The fourth-order valence-electron chi connectivity index (χ4n) is 3.73. The van der Waals surface area contributed by atoms with Gasteiger partial charge in [-0.15, -0.1) is 0 Å². The van der Waals surface area contributed by atoms with E-state index in [0.717, 1.165) is 45.4 Å². The van der Waals surface area contributed by atoms with E-state index in [4.69, 9.17) is 16.4 Å². The molecule has 1 saturated heterocycles. The molecule has 7 heteroatoms. The summed E-state index contributed by atoms with van der Waals surface area (Å²) in [7, 11) is 0. The number of nitrogens with one attached hydrogen (secondary N) is 1. The lowest BCUT2D eigenvalue weighted by molar-refractivity contribution is -0.175. The standard InChI is InChI=1S/C20H36ClN5O/c1-3-5-6-7-8-9-15-27-26-13-11-17(12-14-26)18(10-4-2)24-20-23-16-22-19(21)25-20/h16-18H,3-15H2,1-2H3,(H,22,23,24,25). The minimum atomic E-state index is 0.237. The van der Waals surface area contributed by atoms with Crippen LogP contribution >= 0.6 is 11.6 Å². The van der Waals surface area contributed by atoms with Gasteiger partial charge in [0.25, 0.3) is 0 Å². The number of piperidine rings is 1. The number of anilines is 1. The molecule has 0 aliphatic carbocycles. The van der Waals surface area contributed by atoms with Crippen LogP contribution in [0.3, 0.4) is 0 Å². The molecule has 154 valence electrons. The van der Waals surface area contributed by atoms with E-state index in [1.54, 1.807) is 0 Å². The zero-order valence-electron chi connectivity index (χ0n) is 17.0. The third kappa shape index (κ3) is 8.71. The van der Waals surface area contributed by atoms with E-state index in [-0.39, 0.29) is 5.28 Å². The monoisotopic (exact) mass is 397 g/mol. The topological polar surface area (TPSA) is 63.2 Å². The van der Waals surface area contributed by atoms with Crippen LogP contribution in [0.15, 0.2) is 6.33 Å². The maximum atomic E-state index is 5.97. The molecule has 1 N–H and O–H groups in total. The summed E-state index contributed by atoms with van der Waals surface area (Å²) >= 11 is 5.88. The lowest BCUT2D eigenvalue weighted by Gasteiger charge is -2.35. The Labute approximate surface area is 169 Å². The third-order valence-corrected chi connectivity index (χ3v) is 5.48. The molecule has 0 spiro atoms. The third-order valence-electron chi connectivity index (χ3n) is 5.30. The summed E-state index contributed by atoms with van der Waals surface area (Å²) in [4.78, 5) is 18.2. The molecule has 0 saturated carbocycles. The Morgan fingerprint density at radius 3 is 2.56 bits per heavy atom. The number of hydrogen-bond acceptors (Lipinski definition) is 6. The summed E-state index contributed by atoms with van der Waals surface area (Å²) in [6.45, 7) is 7.33. The van der Waals surface area contributed by atoms with Crippen LogP contribution in [0, 0.1) is 5.92 Å². The van der Waals surface area contributed by atoms with Gasteiger partial charge in [-0.05, 0) is 43.2 Å². The molecule has 2 rings (SSSR count). The van der Waals surface area contributed by atoms with Crippen molar-refractivity contribution < 1.29 is 4.84 Å². The van der Waals surface area contributed by atoms with E-state index in [2.05, 4.69) is 39.2 Å². The molecule has 1 aliphatic heterocycles. The summed E-state index contributed by atoms with van der Waals surface area (Å²) < 4.78 is 0. The van der Waals surface area contributed by atoms with Gasteiger partial charge in [0.1, 0.15) is 6.33 Å². The number of hydroxylamine groups is 2. The van der Waals surface area contributed by atoms with Crippen LogP contribution in [0.2, 0.25) is 5.28 Å². The molecule has 1 aromatic rings. The summed E-state index contributed by atoms with van der Waals surface area (Å²) in [5.74, 6) is 1.18. The fourth-order valence-corrected chi connectivity index (χ4v) is 3.86. The Morgan fingerprint density at radius 2 is 1.85 bits per heavy atom. The number of rotatable bonds is 13. The van der Waals surface area contributed by atoms with Gasteiger partial charge in [-0.1, -0.05) is 52.4 Å². The summed E-state index contributed by atoms with van der Waals surface area (Å²) in [6, 6.07) is 0.370. The highest BCUT2D eigenvalue weighted by atomic mass is 35.5. The Hall–Kier alpha value is -0.980. The van der Waals surface area contributed by atoms with Gasteiger partial charge in [0.05, 0.1) is 6.61 Å². The van der Waals surface area contributed by atoms with Crippen LogP contribution in [0.4, 0.5) is 5.95 Å². The van der Waals surface area contributed by atoms with Crippen molar-refractivity contribution in [1.82, 2.24) is 20.0 Å². The van der Waals surface area contributed by atoms with E-state index in [1.165, 1.54) is 44.9 Å². The summed E-state index contributed by atoms with van der Waals surface area (Å²) in [6.07, 6.45) is 13.8. The smallest absolute Gasteiger partial charge is 0.227 e. The van der Waals surface area contributed by atoms with Crippen LogP contribution in [0.5, 0.6) is 0 Å². The molecule has 1 atom stereocenters. The van der Waals surface area contributed by atoms with Crippen molar-refractivity contribution in [2.45, 2.75) is 84.1 Å². The van der Waals surface area contributed by atoms with E-state index in [9.17, 15) is 0 Å². The molecule has 1 fully saturated rings. The molecule has 27 heavy (non-hydrogen) atoms. The minimum absolute atomic E-state index is 0.237. The largest absolute Gasteiger partial charge is 0.351 e.